The minimum atomic E-state index is -1.97. The molecule has 0 aliphatic carbocycles. The summed E-state index contributed by atoms with van der Waals surface area (Å²) in [5.41, 5.74) is 8.94. The van der Waals surface area contributed by atoms with Gasteiger partial charge in [-0.3, -0.25) is 0 Å². The lowest BCUT2D eigenvalue weighted by atomic mass is 10.4. The molecule has 3 nitrogen and oxygen atoms in total. The van der Waals surface area contributed by atoms with Gasteiger partial charge in [0.15, 0.2) is 0 Å². The molecule has 0 unspecified atom stereocenters. The first-order chi connectivity index (χ1) is 8.83. The van der Waals surface area contributed by atoms with E-state index in [0.717, 1.165) is 16.8 Å². The second-order valence-corrected chi connectivity index (χ2v) is 7.32. The number of benzene rings is 2. The third-order valence-electron chi connectivity index (χ3n) is 3.02. The van der Waals surface area contributed by atoms with Crippen molar-refractivity contribution in [2.45, 2.75) is 6.92 Å². The van der Waals surface area contributed by atoms with Crippen molar-refractivity contribution < 1.29 is 0 Å². The number of hydrogen-bond donors (Lipinski definition) is 0. The number of nitrogens with zero attached hydrogens (tertiary/aromatic N) is 3. The lowest BCUT2D eigenvalue weighted by Crippen LogP contribution is -2.21. The van der Waals surface area contributed by atoms with Crippen molar-refractivity contribution >= 4 is 18.0 Å². The van der Waals surface area contributed by atoms with E-state index in [-0.39, 0.29) is 0 Å². The first-order valence-electron chi connectivity index (χ1n) is 5.89. The van der Waals surface area contributed by atoms with Gasteiger partial charge in [0.25, 0.3) is 0 Å². The molecule has 1 radical (unpaired) electrons. The third-order valence-corrected chi connectivity index (χ3v) is 6.62. The average Bonchev–Trinajstić information content (AvgIpc) is 2.47. The van der Waals surface area contributed by atoms with Crippen molar-refractivity contribution in [3.63, 3.8) is 0 Å². The maximum absolute atomic E-state index is 8.94. The number of rotatable bonds is 4. The van der Waals surface area contributed by atoms with Gasteiger partial charge in [0.05, 0.1) is 0 Å². The fraction of sp³-hybridized carbons (Fsp3) is 0.143. The van der Waals surface area contributed by atoms with Gasteiger partial charge in [-0.25, -0.2) is 0 Å². The molecule has 18 heavy (non-hydrogen) atoms. The van der Waals surface area contributed by atoms with Gasteiger partial charge in [-0.15, -0.1) is 0 Å². The zero-order chi connectivity index (χ0) is 12.8. The summed E-state index contributed by atoms with van der Waals surface area (Å²) in [6, 6.07) is 20.2. The smallest absolute Gasteiger partial charge is 0.0166 e. The van der Waals surface area contributed by atoms with E-state index in [1.165, 1.54) is 0 Å². The summed E-state index contributed by atoms with van der Waals surface area (Å²) in [5.74, 6) is 0. The van der Waals surface area contributed by atoms with Gasteiger partial charge in [-0.1, -0.05) is 72.5 Å². The van der Waals surface area contributed by atoms with Crippen LogP contribution < -0.4 is 10.6 Å². The van der Waals surface area contributed by atoms with E-state index < -0.39 is 7.41 Å². The molecule has 0 N–H and O–H groups in total. The van der Waals surface area contributed by atoms with Crippen LogP contribution in [0.2, 0.25) is 0 Å². The first-order valence-corrected chi connectivity index (χ1v) is 7.82. The molecular weight excluding hydrogens is 241 g/mol. The van der Waals surface area contributed by atoms with Gasteiger partial charge in [0.1, 0.15) is 0 Å². The molecule has 2 aromatic rings. The van der Waals surface area contributed by atoms with Gasteiger partial charge in [-0.05, 0) is 22.3 Å². The molecule has 0 aliphatic heterocycles. The molecule has 2 rings (SSSR count). The second kappa shape index (κ2) is 5.68. The topological polar surface area (TPSA) is 48.8 Å². The van der Waals surface area contributed by atoms with Gasteiger partial charge in [0.2, 0.25) is 0 Å². The maximum Gasteiger partial charge on any atom is 0.0166 e. The molecule has 2 aromatic carbocycles. The van der Waals surface area contributed by atoms with Crippen molar-refractivity contribution in [3.05, 3.63) is 71.1 Å². The number of hydrogen-bond acceptors (Lipinski definition) is 1. The molecule has 0 saturated carbocycles. The van der Waals surface area contributed by atoms with Crippen molar-refractivity contribution in [1.29, 1.82) is 0 Å². The van der Waals surface area contributed by atoms with Gasteiger partial charge in [-0.2, -0.15) is 0 Å². The van der Waals surface area contributed by atoms with Crippen molar-refractivity contribution in [1.82, 2.24) is 0 Å². The fourth-order valence-corrected chi connectivity index (χ4v) is 4.93. The molecule has 0 bridgehead atoms. The van der Waals surface area contributed by atoms with Crippen molar-refractivity contribution in [2.75, 3.05) is 6.16 Å². The minimum Gasteiger partial charge on any atom is -0.0678 e. The van der Waals surface area contributed by atoms with Crippen LogP contribution in [-0.2, 0) is 0 Å². The van der Waals surface area contributed by atoms with E-state index in [9.17, 15) is 0 Å². The van der Waals surface area contributed by atoms with Crippen LogP contribution in [0.4, 0.5) is 0 Å². The van der Waals surface area contributed by atoms with Gasteiger partial charge >= 0.3 is 0 Å². The Morgan fingerprint density at radius 1 is 0.944 bits per heavy atom. The molecule has 0 aromatic heterocycles. The summed E-state index contributed by atoms with van der Waals surface area (Å²) in [6.07, 6.45) is 0.838. The van der Waals surface area contributed by atoms with Crippen molar-refractivity contribution in [2.24, 2.45) is 4.88 Å². The van der Waals surface area contributed by atoms with Crippen LogP contribution in [-0.4, -0.2) is 6.16 Å². The molecule has 0 spiro atoms. The Labute approximate surface area is 107 Å². The highest BCUT2D eigenvalue weighted by Crippen LogP contribution is 2.57. The summed E-state index contributed by atoms with van der Waals surface area (Å²) >= 11 is 0. The van der Waals surface area contributed by atoms with E-state index in [2.05, 4.69) is 41.0 Å². The van der Waals surface area contributed by atoms with Gasteiger partial charge in [0, 0.05) is 12.3 Å². The summed E-state index contributed by atoms with van der Waals surface area (Å²) in [5, 5.41) is 2.27. The van der Waals surface area contributed by atoms with Crippen LogP contribution in [0.3, 0.4) is 0 Å². The summed E-state index contributed by atoms with van der Waals surface area (Å²) in [4.78, 5) is 7.31. The lowest BCUT2D eigenvalue weighted by molar-refractivity contribution is 1.45. The Kier molecular flexibility index (Phi) is 3.99. The fourth-order valence-electron chi connectivity index (χ4n) is 2.10. The largest absolute Gasteiger partial charge is 0.0678 e. The molecule has 0 saturated heterocycles. The summed E-state index contributed by atoms with van der Waals surface area (Å²) in [7, 11) is -1.97. The normalized spacial score (nSPS) is 10.7. The predicted molar refractivity (Wildman–Crippen MR) is 78.8 cm³/mol. The molecule has 4 heteroatoms. The minimum absolute atomic E-state index is 0.838. The summed E-state index contributed by atoms with van der Waals surface area (Å²) < 4.78 is 0. The first kappa shape index (κ1) is 12.6. The van der Waals surface area contributed by atoms with Crippen LogP contribution >= 0.6 is 7.41 Å². The van der Waals surface area contributed by atoms with E-state index in [1.807, 2.05) is 36.4 Å². The highest BCUT2D eigenvalue weighted by atomic mass is 31.2. The monoisotopic (exact) mass is 256 g/mol. The Morgan fingerprint density at radius 3 is 1.72 bits per heavy atom. The average molecular weight is 256 g/mol. The van der Waals surface area contributed by atoms with Crippen LogP contribution in [0.25, 0.3) is 10.4 Å². The van der Waals surface area contributed by atoms with Crippen LogP contribution in [0, 0.1) is 0 Å². The zero-order valence-corrected chi connectivity index (χ0v) is 11.2. The highest BCUT2D eigenvalue weighted by Gasteiger charge is 2.28. The zero-order valence-electron chi connectivity index (χ0n) is 10.3. The SMILES string of the molecule is CC[P](N=[N+]=[N-])(c1ccccc1)c1ccccc1. The van der Waals surface area contributed by atoms with Crippen LogP contribution in [0.5, 0.6) is 0 Å². The number of azide groups is 1. The molecule has 0 fully saturated rings. The van der Waals surface area contributed by atoms with E-state index in [0.29, 0.717) is 0 Å². The Hall–Kier alpha value is -1.82. The van der Waals surface area contributed by atoms with E-state index in [1.54, 1.807) is 0 Å². The van der Waals surface area contributed by atoms with Crippen LogP contribution in [0.1, 0.15) is 6.92 Å². The molecule has 0 amide bonds. The predicted octanol–water partition coefficient (Wildman–Crippen LogP) is 3.90. The molecule has 0 atom stereocenters. The Morgan fingerprint density at radius 2 is 1.39 bits per heavy atom. The third kappa shape index (κ3) is 2.24. The van der Waals surface area contributed by atoms with Gasteiger partial charge < -0.3 is 0 Å². The molecule has 0 aliphatic rings. The van der Waals surface area contributed by atoms with Crippen LogP contribution in [0.15, 0.2) is 65.5 Å². The Bertz CT molecular complexity index is 508. The molecular formula is C14H15N3P. The quantitative estimate of drug-likeness (QED) is 0.345. The van der Waals surface area contributed by atoms with Crippen molar-refractivity contribution in [3.8, 4) is 0 Å². The van der Waals surface area contributed by atoms with E-state index in [4.69, 9.17) is 5.53 Å². The summed E-state index contributed by atoms with van der Waals surface area (Å²) in [6.45, 7) is 2.09. The standard InChI is InChI=1S/C14H15N3P/c1-2-18(17-16-15,13-9-5-3-6-10-13)14-11-7-4-8-12-14/h3-12H,2H2,1H3. The molecule has 91 valence electrons. The highest BCUT2D eigenvalue weighted by molar-refractivity contribution is 7.88. The maximum atomic E-state index is 8.94. The van der Waals surface area contributed by atoms with E-state index >= 15 is 0 Å². The lowest BCUT2D eigenvalue weighted by Gasteiger charge is -2.30. The molecule has 0 heterocycles. The second-order valence-electron chi connectivity index (χ2n) is 3.94. The Balaban J connectivity index is 2.65.